The Morgan fingerprint density at radius 1 is 1.40 bits per heavy atom. The Hall–Kier alpha value is -1.03. The molecule has 2 rings (SSSR count). The fourth-order valence-electron chi connectivity index (χ4n) is 1.89. The molecule has 84 valence electrons. The molecule has 0 fully saturated rings. The molecule has 1 N–H and O–H groups in total. The average Bonchev–Trinajstić information content (AvgIpc) is 2.63. The van der Waals surface area contributed by atoms with Crippen LogP contribution in [0.1, 0.15) is 6.42 Å². The van der Waals surface area contributed by atoms with E-state index in [1.165, 1.54) is 18.5 Å². The summed E-state index contributed by atoms with van der Waals surface area (Å²) in [7, 11) is 4.25. The first kappa shape index (κ1) is 10.5. The van der Waals surface area contributed by atoms with E-state index in [4.69, 9.17) is 0 Å². The van der Waals surface area contributed by atoms with Gasteiger partial charge in [-0.3, -0.25) is 4.99 Å². The van der Waals surface area contributed by atoms with Crippen LogP contribution in [-0.2, 0) is 0 Å². The van der Waals surface area contributed by atoms with Crippen molar-refractivity contribution in [3.05, 3.63) is 11.6 Å². The van der Waals surface area contributed by atoms with E-state index < -0.39 is 0 Å². The van der Waals surface area contributed by atoms with Crippen LogP contribution in [0.5, 0.6) is 0 Å². The van der Waals surface area contributed by atoms with Gasteiger partial charge in [-0.2, -0.15) is 0 Å². The van der Waals surface area contributed by atoms with E-state index in [2.05, 4.69) is 40.3 Å². The Bertz CT molecular complexity index is 282. The number of hydrogen-bond donors (Lipinski definition) is 1. The third-order valence-corrected chi connectivity index (χ3v) is 3.04. The van der Waals surface area contributed by atoms with Gasteiger partial charge in [0, 0.05) is 33.2 Å². The van der Waals surface area contributed by atoms with Crippen LogP contribution < -0.4 is 5.32 Å². The molecule has 0 amide bonds. The number of hydrogen-bond acceptors (Lipinski definition) is 4. The number of rotatable bonds is 2. The molecule has 0 saturated heterocycles. The van der Waals surface area contributed by atoms with Gasteiger partial charge in [-0.1, -0.05) is 11.6 Å². The van der Waals surface area contributed by atoms with Crippen molar-refractivity contribution in [2.45, 2.75) is 6.42 Å². The van der Waals surface area contributed by atoms with Crippen LogP contribution in [0.15, 0.2) is 16.6 Å². The zero-order chi connectivity index (χ0) is 10.7. The molecule has 0 aliphatic carbocycles. The molecule has 2 aliphatic rings. The van der Waals surface area contributed by atoms with Crippen molar-refractivity contribution in [2.24, 2.45) is 4.99 Å². The lowest BCUT2D eigenvalue weighted by atomic mass is 10.1. The van der Waals surface area contributed by atoms with Gasteiger partial charge >= 0.3 is 0 Å². The molecule has 4 nitrogen and oxygen atoms in total. The second-order valence-electron chi connectivity index (χ2n) is 4.36. The number of aliphatic imine (C=N–C) groups is 1. The molecule has 0 bridgehead atoms. The number of nitrogens with zero attached hydrogens (tertiary/aromatic N) is 3. The quantitative estimate of drug-likeness (QED) is 0.655. The Morgan fingerprint density at radius 3 is 2.87 bits per heavy atom. The van der Waals surface area contributed by atoms with Crippen LogP contribution in [0.3, 0.4) is 0 Å². The van der Waals surface area contributed by atoms with Crippen LogP contribution in [0.4, 0.5) is 0 Å². The summed E-state index contributed by atoms with van der Waals surface area (Å²) in [6, 6.07) is 0. The summed E-state index contributed by atoms with van der Waals surface area (Å²) in [6.45, 7) is 5.19. The second-order valence-corrected chi connectivity index (χ2v) is 4.36. The highest BCUT2D eigenvalue weighted by molar-refractivity contribution is 5.81. The topological polar surface area (TPSA) is 30.9 Å². The standard InChI is InChI=1S/C11H20N4/c1-14-6-3-10(4-7-14)9-13-11-12-5-8-15(11)2/h3H,4-9H2,1-2H3,(H,12,13). The lowest BCUT2D eigenvalue weighted by molar-refractivity contribution is 0.357. The minimum absolute atomic E-state index is 0.931. The van der Waals surface area contributed by atoms with Crippen molar-refractivity contribution in [3.8, 4) is 0 Å². The van der Waals surface area contributed by atoms with Crippen LogP contribution >= 0.6 is 0 Å². The third kappa shape index (κ3) is 2.72. The minimum atomic E-state index is 0.931. The Balaban J connectivity index is 1.78. The van der Waals surface area contributed by atoms with Crippen molar-refractivity contribution in [1.29, 1.82) is 0 Å². The van der Waals surface area contributed by atoms with Crippen LogP contribution in [0.2, 0.25) is 0 Å². The van der Waals surface area contributed by atoms with Crippen LogP contribution in [0, 0.1) is 0 Å². The Morgan fingerprint density at radius 2 is 2.27 bits per heavy atom. The van der Waals surface area contributed by atoms with Gasteiger partial charge < -0.3 is 15.1 Å². The van der Waals surface area contributed by atoms with Gasteiger partial charge in [0.2, 0.25) is 0 Å². The number of likely N-dealkylation sites (N-methyl/N-ethyl adjacent to an activating group) is 2. The van der Waals surface area contributed by atoms with Crippen molar-refractivity contribution >= 4 is 5.96 Å². The van der Waals surface area contributed by atoms with Crippen molar-refractivity contribution in [2.75, 3.05) is 46.8 Å². The summed E-state index contributed by atoms with van der Waals surface area (Å²) < 4.78 is 0. The molecule has 0 saturated carbocycles. The van der Waals surface area contributed by atoms with Gasteiger partial charge in [0.15, 0.2) is 5.96 Å². The lowest BCUT2D eigenvalue weighted by Crippen LogP contribution is -2.37. The van der Waals surface area contributed by atoms with E-state index in [1.807, 2.05) is 0 Å². The van der Waals surface area contributed by atoms with E-state index >= 15 is 0 Å². The molecule has 4 heteroatoms. The van der Waals surface area contributed by atoms with E-state index in [1.54, 1.807) is 0 Å². The molecule has 15 heavy (non-hydrogen) atoms. The predicted octanol–water partition coefficient (Wildman–Crippen LogP) is 0.139. The maximum absolute atomic E-state index is 4.41. The summed E-state index contributed by atoms with van der Waals surface area (Å²) in [4.78, 5) is 8.92. The molecule has 0 radical (unpaired) electrons. The Kier molecular flexibility index (Phi) is 3.26. The summed E-state index contributed by atoms with van der Waals surface area (Å²) >= 11 is 0. The first-order valence-electron chi connectivity index (χ1n) is 5.61. The van der Waals surface area contributed by atoms with Crippen LogP contribution in [-0.4, -0.2) is 62.6 Å². The smallest absolute Gasteiger partial charge is 0.194 e. The van der Waals surface area contributed by atoms with Gasteiger partial charge in [-0.15, -0.1) is 0 Å². The highest BCUT2D eigenvalue weighted by atomic mass is 15.3. The first-order chi connectivity index (χ1) is 7.25. The molecule has 2 heterocycles. The fraction of sp³-hybridized carbons (Fsp3) is 0.727. The molecular weight excluding hydrogens is 188 g/mol. The second kappa shape index (κ2) is 4.66. The fourth-order valence-corrected chi connectivity index (χ4v) is 1.89. The SMILES string of the molecule is CN1CC=C(CNC2=NCCN2C)CC1. The number of guanidine groups is 1. The summed E-state index contributed by atoms with van der Waals surface area (Å²) in [5.41, 5.74) is 1.51. The van der Waals surface area contributed by atoms with Gasteiger partial charge in [0.1, 0.15) is 0 Å². The van der Waals surface area contributed by atoms with Gasteiger partial charge in [-0.05, 0) is 13.5 Å². The zero-order valence-electron chi connectivity index (χ0n) is 9.66. The highest BCUT2D eigenvalue weighted by Gasteiger charge is 2.13. The summed E-state index contributed by atoms with van der Waals surface area (Å²) in [5.74, 6) is 1.05. The molecule has 2 aliphatic heterocycles. The molecule has 0 atom stereocenters. The van der Waals surface area contributed by atoms with E-state index in [0.29, 0.717) is 0 Å². The number of nitrogens with one attached hydrogen (secondary N) is 1. The highest BCUT2D eigenvalue weighted by Crippen LogP contribution is 2.08. The monoisotopic (exact) mass is 208 g/mol. The van der Waals surface area contributed by atoms with Gasteiger partial charge in [0.25, 0.3) is 0 Å². The maximum atomic E-state index is 4.41. The van der Waals surface area contributed by atoms with Gasteiger partial charge in [0.05, 0.1) is 6.54 Å². The largest absolute Gasteiger partial charge is 0.352 e. The molecule has 0 aromatic rings. The summed E-state index contributed by atoms with van der Waals surface area (Å²) in [5, 5.41) is 3.41. The van der Waals surface area contributed by atoms with Crippen molar-refractivity contribution in [1.82, 2.24) is 15.1 Å². The molecule has 0 aromatic heterocycles. The van der Waals surface area contributed by atoms with Crippen LogP contribution in [0.25, 0.3) is 0 Å². The molecular formula is C11H20N4. The maximum Gasteiger partial charge on any atom is 0.194 e. The van der Waals surface area contributed by atoms with E-state index in [-0.39, 0.29) is 0 Å². The zero-order valence-corrected chi connectivity index (χ0v) is 9.66. The summed E-state index contributed by atoms with van der Waals surface area (Å²) in [6.07, 6.45) is 3.51. The van der Waals surface area contributed by atoms with Gasteiger partial charge in [-0.25, -0.2) is 0 Å². The van der Waals surface area contributed by atoms with E-state index in [9.17, 15) is 0 Å². The van der Waals surface area contributed by atoms with Crippen molar-refractivity contribution in [3.63, 3.8) is 0 Å². The normalized spacial score (nSPS) is 22.7. The lowest BCUT2D eigenvalue weighted by Gasteiger charge is -2.23. The first-order valence-corrected chi connectivity index (χ1v) is 5.61. The molecule has 0 aromatic carbocycles. The predicted molar refractivity (Wildman–Crippen MR) is 63.1 cm³/mol. The molecule has 0 unspecified atom stereocenters. The average molecular weight is 208 g/mol. The molecule has 0 spiro atoms. The minimum Gasteiger partial charge on any atom is -0.352 e. The Labute approximate surface area is 91.7 Å². The van der Waals surface area contributed by atoms with E-state index in [0.717, 1.165) is 32.1 Å². The third-order valence-electron chi connectivity index (χ3n) is 3.04. The van der Waals surface area contributed by atoms with Crippen molar-refractivity contribution < 1.29 is 0 Å².